The quantitative estimate of drug-likeness (QED) is 0.225. The van der Waals surface area contributed by atoms with E-state index in [9.17, 15) is 14.6 Å². The van der Waals surface area contributed by atoms with Gasteiger partial charge in [-0.15, -0.1) is 0 Å². The molecular weight excluding hydrogens is 399 g/mol. The number of thiocarbonyl (C=S) groups is 1. The van der Waals surface area contributed by atoms with Crippen molar-refractivity contribution in [3.05, 3.63) is 95.6 Å². The van der Waals surface area contributed by atoms with Crippen LogP contribution in [0.25, 0.3) is 11.5 Å². The molecule has 0 saturated heterocycles. The van der Waals surface area contributed by atoms with Crippen molar-refractivity contribution in [3.8, 4) is 0 Å². The lowest BCUT2D eigenvalue weighted by Crippen LogP contribution is -2.39. The molecule has 0 saturated carbocycles. The number of anilines is 1. The van der Waals surface area contributed by atoms with Crippen LogP contribution in [0.15, 0.2) is 73.1 Å². The van der Waals surface area contributed by atoms with Gasteiger partial charge >= 0.3 is 0 Å². The molecule has 0 aliphatic rings. The fraction of sp³-hybridized carbons (Fsp3) is 0.167. The average molecular weight is 424 g/mol. The Balaban J connectivity index is 2.03. The predicted molar refractivity (Wildman–Crippen MR) is 121 cm³/mol. The predicted octanol–water partition coefficient (Wildman–Crippen LogP) is 5.05. The Morgan fingerprint density at radius 3 is 2.33 bits per heavy atom. The van der Waals surface area contributed by atoms with Gasteiger partial charge in [-0.1, -0.05) is 38.2 Å². The molecule has 1 heterocycles. The number of rotatable bonds is 6. The maximum Gasteiger partial charge on any atom is 0.288 e. The molecular formula is C24H24FN2O2S+. The first-order valence-corrected chi connectivity index (χ1v) is 10.0. The first-order valence-electron chi connectivity index (χ1n) is 9.61. The van der Waals surface area contributed by atoms with Crippen molar-refractivity contribution in [2.45, 2.75) is 26.4 Å². The minimum Gasteiger partial charge on any atom is -0.502 e. The van der Waals surface area contributed by atoms with Crippen molar-refractivity contribution in [2.75, 3.05) is 5.32 Å². The van der Waals surface area contributed by atoms with Crippen LogP contribution in [0.4, 0.5) is 10.1 Å². The van der Waals surface area contributed by atoms with Gasteiger partial charge in [0, 0.05) is 22.9 Å². The first kappa shape index (κ1) is 21.6. The zero-order valence-corrected chi connectivity index (χ0v) is 17.7. The second-order valence-electron chi connectivity index (χ2n) is 7.21. The molecule has 0 radical (unpaired) electrons. The zero-order chi connectivity index (χ0) is 21.7. The minimum absolute atomic E-state index is 0.105. The fourth-order valence-electron chi connectivity index (χ4n) is 2.99. The van der Waals surface area contributed by atoms with E-state index in [1.807, 2.05) is 24.3 Å². The van der Waals surface area contributed by atoms with E-state index in [1.165, 1.54) is 29.8 Å². The molecule has 0 spiro atoms. The number of hydrogen-bond donors (Lipinski definition) is 3. The summed E-state index contributed by atoms with van der Waals surface area (Å²) in [5.41, 5.74) is 3.40. The summed E-state index contributed by atoms with van der Waals surface area (Å²) < 4.78 is 15.0. The fourth-order valence-corrected chi connectivity index (χ4v) is 3.31. The van der Waals surface area contributed by atoms with Crippen LogP contribution in [0, 0.1) is 5.82 Å². The summed E-state index contributed by atoms with van der Waals surface area (Å²) in [6.07, 6.45) is 3.41. The van der Waals surface area contributed by atoms with Crippen LogP contribution in [-0.2, 0) is 6.61 Å². The molecule has 3 N–H and O–H groups in total. The molecule has 30 heavy (non-hydrogen) atoms. The lowest BCUT2D eigenvalue weighted by molar-refractivity contribution is -0.576. The summed E-state index contributed by atoms with van der Waals surface area (Å²) in [6.45, 7) is 4.10. The van der Waals surface area contributed by atoms with Gasteiger partial charge in [0.2, 0.25) is 0 Å². The Kier molecular flexibility index (Phi) is 6.92. The summed E-state index contributed by atoms with van der Waals surface area (Å²) in [7, 11) is 0. The van der Waals surface area contributed by atoms with Gasteiger partial charge in [-0.2, -0.15) is 4.57 Å². The van der Waals surface area contributed by atoms with Crippen LogP contribution < -0.4 is 9.88 Å². The SMILES string of the molecule is CC(C)c1ccc(NC(=S)/C(=C(/O)c2ccc(F)cc2)[n+]2cccc(CO)c2)cc1. The van der Waals surface area contributed by atoms with Gasteiger partial charge < -0.3 is 15.5 Å². The van der Waals surface area contributed by atoms with Gasteiger partial charge in [0.25, 0.3) is 5.70 Å². The number of aliphatic hydroxyl groups is 2. The van der Waals surface area contributed by atoms with Crippen molar-refractivity contribution in [1.29, 1.82) is 0 Å². The Labute approximate surface area is 181 Å². The summed E-state index contributed by atoms with van der Waals surface area (Å²) >= 11 is 5.62. The van der Waals surface area contributed by atoms with Crippen LogP contribution in [0.1, 0.15) is 36.5 Å². The highest BCUT2D eigenvalue weighted by Gasteiger charge is 2.24. The molecule has 0 unspecified atom stereocenters. The second-order valence-corrected chi connectivity index (χ2v) is 7.62. The number of nitrogens with one attached hydrogen (secondary N) is 1. The first-order chi connectivity index (χ1) is 14.4. The van der Waals surface area contributed by atoms with Gasteiger partial charge in [-0.25, -0.2) is 4.39 Å². The van der Waals surface area contributed by atoms with E-state index >= 15 is 0 Å². The molecule has 3 rings (SSSR count). The molecule has 0 atom stereocenters. The maximum absolute atomic E-state index is 13.3. The number of pyridine rings is 1. The van der Waals surface area contributed by atoms with Crippen molar-refractivity contribution >= 4 is 34.3 Å². The standard InChI is InChI=1S/C24H23FN2O2S/c1-16(2)18-7-11-21(12-8-18)26-24(30)22(27-13-3-4-17(14-27)15-28)23(29)19-5-9-20(25)10-6-19/h3-14,16,28H,15H2,1-2H3,(H-,26,29,30)/p+1. The van der Waals surface area contributed by atoms with Gasteiger partial charge in [-0.3, -0.25) is 0 Å². The van der Waals surface area contributed by atoms with Crippen molar-refractivity contribution < 1.29 is 19.2 Å². The Morgan fingerprint density at radius 2 is 1.73 bits per heavy atom. The van der Waals surface area contributed by atoms with E-state index < -0.39 is 5.82 Å². The molecule has 2 aromatic carbocycles. The monoisotopic (exact) mass is 423 g/mol. The molecule has 0 fully saturated rings. The summed E-state index contributed by atoms with van der Waals surface area (Å²) in [4.78, 5) is 0.286. The van der Waals surface area contributed by atoms with Crippen molar-refractivity contribution in [1.82, 2.24) is 0 Å². The normalized spacial score (nSPS) is 11.9. The minimum atomic E-state index is -0.394. The van der Waals surface area contributed by atoms with Gasteiger partial charge in [0.05, 0.1) is 6.61 Å². The molecule has 0 amide bonds. The third kappa shape index (κ3) is 5.09. The number of hydrogen-bond acceptors (Lipinski definition) is 3. The molecule has 1 aromatic heterocycles. The van der Waals surface area contributed by atoms with Crippen LogP contribution >= 0.6 is 12.2 Å². The lowest BCUT2D eigenvalue weighted by Gasteiger charge is -2.12. The van der Waals surface area contributed by atoms with Gasteiger partial charge in [0.15, 0.2) is 23.1 Å². The van der Waals surface area contributed by atoms with Gasteiger partial charge in [0.1, 0.15) is 5.82 Å². The highest BCUT2D eigenvalue weighted by molar-refractivity contribution is 7.81. The summed E-state index contributed by atoms with van der Waals surface area (Å²) in [5, 5.41) is 23.7. The molecule has 0 aliphatic carbocycles. The maximum atomic E-state index is 13.3. The number of halogens is 1. The van der Waals surface area contributed by atoms with E-state index in [1.54, 1.807) is 29.1 Å². The highest BCUT2D eigenvalue weighted by atomic mass is 32.1. The van der Waals surface area contributed by atoms with Gasteiger partial charge in [-0.05, 0) is 53.9 Å². The molecule has 154 valence electrons. The average Bonchev–Trinajstić information content (AvgIpc) is 2.75. The van der Waals surface area contributed by atoms with Crippen molar-refractivity contribution in [3.63, 3.8) is 0 Å². The van der Waals surface area contributed by atoms with Crippen LogP contribution in [-0.4, -0.2) is 15.2 Å². The van der Waals surface area contributed by atoms with E-state index in [-0.39, 0.29) is 17.4 Å². The van der Waals surface area contributed by atoms with E-state index in [0.717, 1.165) is 5.69 Å². The molecule has 6 heteroatoms. The molecule has 3 aromatic rings. The largest absolute Gasteiger partial charge is 0.502 e. The molecule has 4 nitrogen and oxygen atoms in total. The number of nitrogens with zero attached hydrogens (tertiary/aromatic N) is 1. The van der Waals surface area contributed by atoms with Crippen LogP contribution in [0.2, 0.25) is 0 Å². The third-order valence-corrected chi connectivity index (χ3v) is 4.99. The van der Waals surface area contributed by atoms with E-state index in [4.69, 9.17) is 12.2 Å². The topological polar surface area (TPSA) is 56.4 Å². The zero-order valence-electron chi connectivity index (χ0n) is 16.8. The molecule has 0 aliphatic heterocycles. The number of benzene rings is 2. The van der Waals surface area contributed by atoms with E-state index in [0.29, 0.717) is 22.7 Å². The second kappa shape index (κ2) is 9.61. The highest BCUT2D eigenvalue weighted by Crippen LogP contribution is 2.21. The van der Waals surface area contributed by atoms with Crippen molar-refractivity contribution in [2.24, 2.45) is 0 Å². The Bertz CT molecular complexity index is 1060. The number of aliphatic hydroxyl groups excluding tert-OH is 2. The lowest BCUT2D eigenvalue weighted by atomic mass is 10.0. The Hall–Kier alpha value is -3.09. The smallest absolute Gasteiger partial charge is 0.288 e. The third-order valence-electron chi connectivity index (χ3n) is 4.69. The Morgan fingerprint density at radius 1 is 1.07 bits per heavy atom. The van der Waals surface area contributed by atoms with Crippen LogP contribution in [0.3, 0.4) is 0 Å². The molecule has 0 bridgehead atoms. The number of aromatic nitrogens is 1. The van der Waals surface area contributed by atoms with Crippen LogP contribution in [0.5, 0.6) is 0 Å². The summed E-state index contributed by atoms with van der Waals surface area (Å²) in [5.74, 6) is -0.0823. The van der Waals surface area contributed by atoms with E-state index in [2.05, 4.69) is 19.2 Å². The summed E-state index contributed by atoms with van der Waals surface area (Å²) in [6, 6.07) is 17.0.